The number of ether oxygens (including phenoxy) is 1. The van der Waals surface area contributed by atoms with Gasteiger partial charge in [-0.1, -0.05) is 30.3 Å². The Hall–Kier alpha value is -2.64. The quantitative estimate of drug-likeness (QED) is 0.609. The first-order valence-electron chi connectivity index (χ1n) is 7.58. The second kappa shape index (κ2) is 9.00. The van der Waals surface area contributed by atoms with Gasteiger partial charge in [-0.15, -0.1) is 0 Å². The summed E-state index contributed by atoms with van der Waals surface area (Å²) in [6, 6.07) is 12.3. The highest BCUT2D eigenvalue weighted by Crippen LogP contribution is 2.28. The third kappa shape index (κ3) is 6.06. The molecule has 4 N–H and O–H groups in total. The van der Waals surface area contributed by atoms with Crippen LogP contribution in [0.2, 0.25) is 0 Å². The summed E-state index contributed by atoms with van der Waals surface area (Å²) < 4.78 is 5.45. The number of rotatable bonds is 5. The number of aliphatic hydroxyl groups excluding tert-OH is 1. The highest BCUT2D eigenvalue weighted by molar-refractivity contribution is 6.27. The number of nitrogens with one attached hydrogen (secondary N) is 1. The molecule has 0 aliphatic heterocycles. The van der Waals surface area contributed by atoms with E-state index in [1.165, 1.54) is 10.8 Å². The Bertz CT molecular complexity index is 729. The van der Waals surface area contributed by atoms with Crippen molar-refractivity contribution in [1.29, 1.82) is 0 Å². The van der Waals surface area contributed by atoms with Gasteiger partial charge in [0.1, 0.15) is 5.75 Å². The van der Waals surface area contributed by atoms with Gasteiger partial charge in [-0.25, -0.2) is 9.59 Å². The number of benzene rings is 2. The first-order valence-corrected chi connectivity index (χ1v) is 7.58. The van der Waals surface area contributed by atoms with Gasteiger partial charge in [0, 0.05) is 17.6 Å². The molecule has 7 heteroatoms. The zero-order chi connectivity index (χ0) is 19.0. The van der Waals surface area contributed by atoms with Gasteiger partial charge in [0.2, 0.25) is 0 Å². The molecule has 2 aromatic carbocycles. The number of hydrogen-bond acceptors (Lipinski definition) is 5. The zero-order valence-electron chi connectivity index (χ0n) is 14.4. The number of carboxylic acids is 2. The summed E-state index contributed by atoms with van der Waals surface area (Å²) in [4.78, 5) is 18.2. The molecule has 0 saturated carbocycles. The summed E-state index contributed by atoms with van der Waals surface area (Å²) in [6.07, 6.45) is 0. The van der Waals surface area contributed by atoms with Crippen LogP contribution in [0, 0.1) is 0 Å². The number of fused-ring (bicyclic) bond motifs is 1. The van der Waals surface area contributed by atoms with Crippen LogP contribution < -0.4 is 10.1 Å². The maximum atomic E-state index is 9.32. The van der Waals surface area contributed by atoms with E-state index < -0.39 is 11.9 Å². The van der Waals surface area contributed by atoms with Crippen molar-refractivity contribution in [2.24, 2.45) is 0 Å². The van der Waals surface area contributed by atoms with Crippen LogP contribution in [0.4, 0.5) is 0 Å². The maximum absolute atomic E-state index is 9.32. The van der Waals surface area contributed by atoms with Crippen LogP contribution in [0.5, 0.6) is 5.75 Å². The topological polar surface area (TPSA) is 116 Å². The summed E-state index contributed by atoms with van der Waals surface area (Å²) in [6.45, 7) is 4.72. The summed E-state index contributed by atoms with van der Waals surface area (Å²) in [5.41, 5.74) is 0.823. The lowest BCUT2D eigenvalue weighted by Gasteiger charge is -2.24. The van der Waals surface area contributed by atoms with Gasteiger partial charge in [0.15, 0.2) is 0 Å². The maximum Gasteiger partial charge on any atom is 0.414 e. The van der Waals surface area contributed by atoms with E-state index in [1.54, 1.807) is 7.11 Å². The van der Waals surface area contributed by atoms with Gasteiger partial charge in [-0.2, -0.15) is 0 Å². The Balaban J connectivity index is 0.000000450. The number of hydrogen-bond donors (Lipinski definition) is 4. The van der Waals surface area contributed by atoms with Crippen molar-refractivity contribution in [3.63, 3.8) is 0 Å². The summed E-state index contributed by atoms with van der Waals surface area (Å²) in [7, 11) is 1.69. The molecule has 7 nitrogen and oxygen atoms in total. The van der Waals surface area contributed by atoms with Gasteiger partial charge in [-0.3, -0.25) is 0 Å². The predicted octanol–water partition coefficient (Wildman–Crippen LogP) is 1.86. The van der Waals surface area contributed by atoms with Crippen LogP contribution in [0.25, 0.3) is 10.8 Å². The molecule has 0 spiro atoms. The van der Waals surface area contributed by atoms with E-state index in [0.717, 1.165) is 11.3 Å². The van der Waals surface area contributed by atoms with Gasteiger partial charge in [-0.05, 0) is 30.7 Å². The molecule has 2 rings (SSSR count). The molecule has 0 atom stereocenters. The molecule has 0 aromatic heterocycles. The molecule has 0 aliphatic rings. The highest BCUT2D eigenvalue weighted by Gasteiger charge is 2.17. The van der Waals surface area contributed by atoms with Gasteiger partial charge < -0.3 is 25.4 Å². The molecule has 2 aromatic rings. The van der Waals surface area contributed by atoms with Crippen LogP contribution in [-0.4, -0.2) is 46.5 Å². The molecule has 0 saturated heterocycles. The smallest absolute Gasteiger partial charge is 0.414 e. The molecule has 0 unspecified atom stereocenters. The Morgan fingerprint density at radius 1 is 1.08 bits per heavy atom. The molecule has 0 bridgehead atoms. The number of carboxylic acid groups (broad SMARTS) is 2. The summed E-state index contributed by atoms with van der Waals surface area (Å²) >= 11 is 0. The van der Waals surface area contributed by atoms with E-state index in [1.807, 2.05) is 32.0 Å². The average Bonchev–Trinajstić information content (AvgIpc) is 2.60. The molecule has 0 fully saturated rings. The van der Waals surface area contributed by atoms with Crippen molar-refractivity contribution in [2.45, 2.75) is 25.9 Å². The van der Waals surface area contributed by atoms with Crippen molar-refractivity contribution in [3.05, 3.63) is 42.0 Å². The molecule has 0 aliphatic carbocycles. The predicted molar refractivity (Wildman–Crippen MR) is 93.8 cm³/mol. The number of carbonyl (C=O) groups is 2. The van der Waals surface area contributed by atoms with Gasteiger partial charge >= 0.3 is 11.9 Å². The fourth-order valence-corrected chi connectivity index (χ4v) is 2.07. The third-order valence-corrected chi connectivity index (χ3v) is 3.54. The normalized spacial score (nSPS) is 10.7. The zero-order valence-corrected chi connectivity index (χ0v) is 14.4. The van der Waals surface area contributed by atoms with E-state index in [4.69, 9.17) is 24.5 Å². The SMILES string of the molecule is COc1ccc2ccccc2c1CNC(C)(C)CO.O=C(O)C(=O)O. The number of aliphatic hydroxyl groups is 1. The Morgan fingerprint density at radius 2 is 1.68 bits per heavy atom. The molecular weight excluding hydrogens is 326 g/mol. The van der Waals surface area contributed by atoms with Gasteiger partial charge in [0.05, 0.1) is 13.7 Å². The van der Waals surface area contributed by atoms with E-state index in [2.05, 4.69) is 23.5 Å². The van der Waals surface area contributed by atoms with Crippen molar-refractivity contribution >= 4 is 22.7 Å². The van der Waals surface area contributed by atoms with E-state index >= 15 is 0 Å². The largest absolute Gasteiger partial charge is 0.496 e. The second-order valence-corrected chi connectivity index (χ2v) is 5.97. The summed E-state index contributed by atoms with van der Waals surface area (Å²) in [5.74, 6) is -2.77. The third-order valence-electron chi connectivity index (χ3n) is 3.54. The molecular formula is C18H23NO6. The number of methoxy groups -OCH3 is 1. The van der Waals surface area contributed by atoms with E-state index in [-0.39, 0.29) is 12.1 Å². The monoisotopic (exact) mass is 349 g/mol. The Morgan fingerprint density at radius 3 is 2.20 bits per heavy atom. The minimum absolute atomic E-state index is 0.0973. The molecule has 0 heterocycles. The lowest BCUT2D eigenvalue weighted by atomic mass is 10.0. The van der Waals surface area contributed by atoms with Crippen LogP contribution in [0.1, 0.15) is 19.4 Å². The van der Waals surface area contributed by atoms with Gasteiger partial charge in [0.25, 0.3) is 0 Å². The average molecular weight is 349 g/mol. The van der Waals surface area contributed by atoms with Crippen LogP contribution >= 0.6 is 0 Å². The van der Waals surface area contributed by atoms with E-state index in [9.17, 15) is 5.11 Å². The van der Waals surface area contributed by atoms with Crippen LogP contribution in [-0.2, 0) is 16.1 Å². The van der Waals surface area contributed by atoms with Crippen molar-refractivity contribution < 1.29 is 29.6 Å². The van der Waals surface area contributed by atoms with Crippen LogP contribution in [0.3, 0.4) is 0 Å². The van der Waals surface area contributed by atoms with E-state index in [0.29, 0.717) is 6.54 Å². The fraction of sp³-hybridized carbons (Fsp3) is 0.333. The highest BCUT2D eigenvalue weighted by atomic mass is 16.5. The van der Waals surface area contributed by atoms with Crippen LogP contribution in [0.15, 0.2) is 36.4 Å². The Kier molecular flexibility index (Phi) is 7.35. The Labute approximate surface area is 145 Å². The molecule has 136 valence electrons. The minimum atomic E-state index is -1.82. The second-order valence-electron chi connectivity index (χ2n) is 5.97. The molecule has 0 amide bonds. The summed E-state index contributed by atoms with van der Waals surface area (Å²) in [5, 5.41) is 29.8. The molecule has 25 heavy (non-hydrogen) atoms. The lowest BCUT2D eigenvalue weighted by Crippen LogP contribution is -2.42. The molecule has 0 radical (unpaired) electrons. The van der Waals surface area contributed by atoms with Crippen molar-refractivity contribution in [2.75, 3.05) is 13.7 Å². The first kappa shape index (κ1) is 20.4. The van der Waals surface area contributed by atoms with Crippen molar-refractivity contribution in [3.8, 4) is 5.75 Å². The number of aliphatic carboxylic acids is 2. The lowest BCUT2D eigenvalue weighted by molar-refractivity contribution is -0.159. The first-order chi connectivity index (χ1) is 11.7. The fourth-order valence-electron chi connectivity index (χ4n) is 2.07. The minimum Gasteiger partial charge on any atom is -0.496 e. The standard InChI is InChI=1S/C16H21NO2.C2H2O4/c1-16(2,11-18)17-10-14-13-7-5-4-6-12(13)8-9-15(14)19-3;3-1(4)2(5)6/h4-9,17-18H,10-11H2,1-3H3;(H,3,4)(H,5,6). The van der Waals surface area contributed by atoms with Crippen molar-refractivity contribution in [1.82, 2.24) is 5.32 Å².